The van der Waals surface area contributed by atoms with Crippen LogP contribution < -0.4 is 0 Å². The number of esters is 1. The van der Waals surface area contributed by atoms with E-state index in [1.807, 2.05) is 0 Å². The van der Waals surface area contributed by atoms with Gasteiger partial charge < -0.3 is 14.1 Å². The van der Waals surface area contributed by atoms with Crippen LogP contribution in [-0.2, 0) is 16.1 Å². The van der Waals surface area contributed by atoms with E-state index < -0.39 is 12.6 Å². The van der Waals surface area contributed by atoms with Crippen molar-refractivity contribution in [1.29, 1.82) is 0 Å². The summed E-state index contributed by atoms with van der Waals surface area (Å²) in [4.78, 5) is 26.4. The first-order valence-electron chi connectivity index (χ1n) is 9.57. The molecule has 0 saturated heterocycles. The summed E-state index contributed by atoms with van der Waals surface area (Å²) in [5.74, 6) is -1.60. The first-order valence-corrected chi connectivity index (χ1v) is 9.57. The second-order valence-corrected chi connectivity index (χ2v) is 7.09. The van der Waals surface area contributed by atoms with Crippen molar-refractivity contribution in [2.24, 2.45) is 0 Å². The molecular formula is C23H19F2NO4. The van der Waals surface area contributed by atoms with Gasteiger partial charge in [0.05, 0.1) is 0 Å². The maximum atomic E-state index is 13.9. The Morgan fingerprint density at radius 2 is 1.73 bits per heavy atom. The van der Waals surface area contributed by atoms with E-state index in [2.05, 4.69) is 0 Å². The molecule has 0 spiro atoms. The Hall–Kier alpha value is -3.48. The van der Waals surface area contributed by atoms with Crippen LogP contribution in [0.5, 0.6) is 0 Å². The highest BCUT2D eigenvalue weighted by molar-refractivity contribution is 5.89. The van der Waals surface area contributed by atoms with Crippen LogP contribution in [0.2, 0.25) is 0 Å². The molecule has 0 N–H and O–H groups in total. The molecule has 0 aliphatic heterocycles. The van der Waals surface area contributed by atoms with Gasteiger partial charge in [0.25, 0.3) is 5.91 Å². The summed E-state index contributed by atoms with van der Waals surface area (Å²) in [5.41, 5.74) is 1.02. The van der Waals surface area contributed by atoms with Crippen LogP contribution in [0, 0.1) is 11.6 Å². The van der Waals surface area contributed by atoms with E-state index >= 15 is 0 Å². The summed E-state index contributed by atoms with van der Waals surface area (Å²) in [6.45, 7) is -0.334. The van der Waals surface area contributed by atoms with Gasteiger partial charge >= 0.3 is 5.97 Å². The van der Waals surface area contributed by atoms with E-state index in [0.29, 0.717) is 16.9 Å². The first-order chi connectivity index (χ1) is 14.5. The van der Waals surface area contributed by atoms with Crippen LogP contribution in [-0.4, -0.2) is 29.4 Å². The lowest BCUT2D eigenvalue weighted by Crippen LogP contribution is -2.36. The minimum absolute atomic E-state index is 0.0319. The van der Waals surface area contributed by atoms with Gasteiger partial charge in [0.1, 0.15) is 17.4 Å². The van der Waals surface area contributed by atoms with Gasteiger partial charge in [-0.25, -0.2) is 13.6 Å². The Balaban J connectivity index is 1.37. The number of rotatable bonds is 7. The molecule has 1 aliphatic rings. The van der Waals surface area contributed by atoms with Crippen LogP contribution in [0.25, 0.3) is 11.3 Å². The van der Waals surface area contributed by atoms with Crippen molar-refractivity contribution in [2.75, 3.05) is 6.61 Å². The Kier molecular flexibility index (Phi) is 5.61. The summed E-state index contributed by atoms with van der Waals surface area (Å²) in [5, 5.41) is 0. The standard InChI is InChI=1S/C23H19F2NO4/c24-17-7-5-15(6-8-17)20-11-12-21(30-20)23(28)29-14-22(27)26(18-9-10-18)13-16-3-1-2-4-19(16)25/h1-8,11-12,18H,9-10,13-14H2. The van der Waals surface area contributed by atoms with E-state index in [0.717, 1.165) is 12.8 Å². The zero-order chi connectivity index (χ0) is 21.1. The molecule has 1 fully saturated rings. The van der Waals surface area contributed by atoms with Gasteiger partial charge in [0, 0.05) is 23.7 Å². The summed E-state index contributed by atoms with van der Waals surface area (Å²) in [6, 6.07) is 15.0. The van der Waals surface area contributed by atoms with Gasteiger partial charge in [0.15, 0.2) is 6.61 Å². The quantitative estimate of drug-likeness (QED) is 0.535. The van der Waals surface area contributed by atoms with Crippen molar-refractivity contribution < 1.29 is 27.5 Å². The highest BCUT2D eigenvalue weighted by Gasteiger charge is 2.33. The van der Waals surface area contributed by atoms with Gasteiger partial charge in [0.2, 0.25) is 5.76 Å². The van der Waals surface area contributed by atoms with Crippen LogP contribution in [0.15, 0.2) is 65.1 Å². The lowest BCUT2D eigenvalue weighted by Gasteiger charge is -2.22. The molecule has 154 valence electrons. The second kappa shape index (κ2) is 8.49. The van der Waals surface area contributed by atoms with Gasteiger partial charge in [-0.3, -0.25) is 4.79 Å². The molecule has 0 bridgehead atoms. The number of carbonyl (C=O) groups is 2. The highest BCUT2D eigenvalue weighted by Crippen LogP contribution is 2.29. The van der Waals surface area contributed by atoms with Gasteiger partial charge in [-0.2, -0.15) is 0 Å². The third kappa shape index (κ3) is 4.56. The predicted molar refractivity (Wildman–Crippen MR) is 104 cm³/mol. The molecule has 2 aromatic carbocycles. The van der Waals surface area contributed by atoms with E-state index in [1.54, 1.807) is 24.3 Å². The lowest BCUT2D eigenvalue weighted by molar-refractivity contribution is -0.135. The number of hydrogen-bond donors (Lipinski definition) is 0. The maximum Gasteiger partial charge on any atom is 0.374 e. The largest absolute Gasteiger partial charge is 0.450 e. The van der Waals surface area contributed by atoms with Crippen molar-refractivity contribution in [3.63, 3.8) is 0 Å². The number of furan rings is 1. The van der Waals surface area contributed by atoms with Crippen molar-refractivity contribution in [3.05, 3.63) is 83.6 Å². The molecule has 3 aromatic rings. The van der Waals surface area contributed by atoms with E-state index in [9.17, 15) is 18.4 Å². The SMILES string of the molecule is O=C(OCC(=O)N(Cc1ccccc1F)C1CC1)c1ccc(-c2ccc(F)cc2)o1. The fraction of sp³-hybridized carbons (Fsp3) is 0.217. The molecule has 1 aliphatic carbocycles. The first kappa shape index (κ1) is 19.8. The zero-order valence-electron chi connectivity index (χ0n) is 16.0. The number of hydrogen-bond acceptors (Lipinski definition) is 4. The average Bonchev–Trinajstić information content (AvgIpc) is 3.47. The van der Waals surface area contributed by atoms with Gasteiger partial charge in [-0.1, -0.05) is 18.2 Å². The maximum absolute atomic E-state index is 13.9. The molecule has 4 rings (SSSR count). The van der Waals surface area contributed by atoms with Gasteiger partial charge in [-0.15, -0.1) is 0 Å². The zero-order valence-corrected chi connectivity index (χ0v) is 16.0. The highest BCUT2D eigenvalue weighted by atomic mass is 19.1. The fourth-order valence-corrected chi connectivity index (χ4v) is 3.12. The molecule has 5 nitrogen and oxygen atoms in total. The summed E-state index contributed by atoms with van der Waals surface area (Å²) in [7, 11) is 0. The summed E-state index contributed by atoms with van der Waals surface area (Å²) >= 11 is 0. The molecule has 0 atom stereocenters. The Labute approximate surface area is 171 Å². The second-order valence-electron chi connectivity index (χ2n) is 7.09. The minimum Gasteiger partial charge on any atom is -0.450 e. The van der Waals surface area contributed by atoms with Crippen LogP contribution >= 0.6 is 0 Å². The van der Waals surface area contributed by atoms with Crippen molar-refractivity contribution >= 4 is 11.9 Å². The number of carbonyl (C=O) groups excluding carboxylic acids is 2. The Morgan fingerprint density at radius 3 is 2.43 bits per heavy atom. The molecule has 1 amide bonds. The Bertz CT molecular complexity index is 1060. The lowest BCUT2D eigenvalue weighted by atomic mass is 10.2. The number of benzene rings is 2. The Morgan fingerprint density at radius 1 is 1.00 bits per heavy atom. The smallest absolute Gasteiger partial charge is 0.374 e. The number of ether oxygens (including phenoxy) is 1. The van der Waals surface area contributed by atoms with Crippen molar-refractivity contribution in [2.45, 2.75) is 25.4 Å². The molecule has 7 heteroatoms. The third-order valence-corrected chi connectivity index (χ3v) is 4.87. The average molecular weight is 411 g/mol. The monoisotopic (exact) mass is 411 g/mol. The van der Waals surface area contributed by atoms with E-state index in [1.165, 1.54) is 41.3 Å². The third-order valence-electron chi connectivity index (χ3n) is 4.87. The normalized spacial score (nSPS) is 13.1. The fourth-order valence-electron chi connectivity index (χ4n) is 3.12. The molecule has 0 unspecified atom stereocenters. The molecule has 0 radical (unpaired) electrons. The van der Waals surface area contributed by atoms with E-state index in [4.69, 9.17) is 9.15 Å². The van der Waals surface area contributed by atoms with E-state index in [-0.39, 0.29) is 35.9 Å². The number of halogens is 2. The molecular weight excluding hydrogens is 392 g/mol. The number of nitrogens with zero attached hydrogens (tertiary/aromatic N) is 1. The van der Waals surface area contributed by atoms with Crippen LogP contribution in [0.3, 0.4) is 0 Å². The molecule has 1 aromatic heterocycles. The van der Waals surface area contributed by atoms with Gasteiger partial charge in [-0.05, 0) is 55.3 Å². The molecule has 1 saturated carbocycles. The van der Waals surface area contributed by atoms with Crippen molar-refractivity contribution in [3.8, 4) is 11.3 Å². The molecule has 1 heterocycles. The summed E-state index contributed by atoms with van der Waals surface area (Å²) < 4.78 is 37.5. The van der Waals surface area contributed by atoms with Crippen molar-refractivity contribution in [1.82, 2.24) is 4.90 Å². The predicted octanol–water partition coefficient (Wildman–Crippen LogP) is 4.57. The number of amides is 1. The molecule has 30 heavy (non-hydrogen) atoms. The minimum atomic E-state index is -0.779. The van der Waals surface area contributed by atoms with Crippen LogP contribution in [0.4, 0.5) is 8.78 Å². The topological polar surface area (TPSA) is 59.8 Å². The summed E-state index contributed by atoms with van der Waals surface area (Å²) in [6.07, 6.45) is 1.68. The van der Waals surface area contributed by atoms with Crippen LogP contribution in [0.1, 0.15) is 29.0 Å².